The minimum Gasteiger partial charge on any atom is -0.457 e. The van der Waals surface area contributed by atoms with Crippen molar-refractivity contribution in [1.29, 1.82) is 0 Å². The Morgan fingerprint density at radius 2 is 1.45 bits per heavy atom. The van der Waals surface area contributed by atoms with Gasteiger partial charge in [0.05, 0.1) is 32.0 Å². The lowest BCUT2D eigenvalue weighted by atomic mass is 9.97. The van der Waals surface area contributed by atoms with Gasteiger partial charge in [0.1, 0.15) is 11.5 Å². The Morgan fingerprint density at radius 1 is 0.765 bits per heavy atom. The molecule has 0 saturated carbocycles. The SMILES string of the molecule is O=C(NCc1ccccc1-c1ccc([C@H]2O[C@@H](CN3CCOCC3)C[C@@H](c3ccc(CO)cc3)O2)cc1)Nc1ccc(Oc2ccccc2)cc1. The first-order valence-electron chi connectivity index (χ1n) is 17.5. The maximum absolute atomic E-state index is 12.8. The van der Waals surface area contributed by atoms with E-state index in [-0.39, 0.29) is 24.8 Å². The number of para-hydroxylation sites is 1. The normalized spacial score (nSPS) is 19.3. The average molecular weight is 686 g/mol. The first-order valence-corrected chi connectivity index (χ1v) is 17.5. The molecule has 0 aromatic heterocycles. The highest BCUT2D eigenvalue weighted by molar-refractivity contribution is 5.89. The van der Waals surface area contributed by atoms with Gasteiger partial charge >= 0.3 is 6.03 Å². The van der Waals surface area contributed by atoms with Crippen molar-refractivity contribution in [1.82, 2.24) is 10.2 Å². The number of hydrogen-bond donors (Lipinski definition) is 3. The highest BCUT2D eigenvalue weighted by Gasteiger charge is 2.33. The quantitative estimate of drug-likeness (QED) is 0.130. The van der Waals surface area contributed by atoms with Crippen LogP contribution in [0.1, 0.15) is 41.1 Å². The fraction of sp³-hybridized carbons (Fsp3) is 0.262. The van der Waals surface area contributed by atoms with Crippen molar-refractivity contribution >= 4 is 11.7 Å². The molecular formula is C42H43N3O6. The van der Waals surface area contributed by atoms with E-state index in [0.29, 0.717) is 18.0 Å². The minimum absolute atomic E-state index is 0.0103. The van der Waals surface area contributed by atoms with Crippen LogP contribution in [0.3, 0.4) is 0 Å². The molecule has 3 atom stereocenters. The lowest BCUT2D eigenvalue weighted by molar-refractivity contribution is -0.253. The van der Waals surface area contributed by atoms with Crippen LogP contribution in [-0.2, 0) is 27.4 Å². The van der Waals surface area contributed by atoms with Crippen LogP contribution in [-0.4, -0.2) is 55.0 Å². The molecule has 0 spiro atoms. The van der Waals surface area contributed by atoms with Crippen LogP contribution < -0.4 is 15.4 Å². The van der Waals surface area contributed by atoms with Gasteiger partial charge in [0.25, 0.3) is 0 Å². The molecule has 0 aliphatic carbocycles. The summed E-state index contributed by atoms with van der Waals surface area (Å²) in [6.07, 6.45) is 0.0657. The second kappa shape index (κ2) is 16.8. The summed E-state index contributed by atoms with van der Waals surface area (Å²) < 4.78 is 24.6. The molecular weight excluding hydrogens is 642 g/mol. The van der Waals surface area contributed by atoms with Crippen LogP contribution in [0.2, 0.25) is 0 Å². The number of nitrogens with one attached hydrogen (secondary N) is 2. The molecule has 7 rings (SSSR count). The molecule has 9 nitrogen and oxygen atoms in total. The number of carbonyl (C=O) groups excluding carboxylic acids is 1. The van der Waals surface area contributed by atoms with Crippen molar-refractivity contribution in [2.75, 3.05) is 38.2 Å². The monoisotopic (exact) mass is 685 g/mol. The molecule has 5 aromatic rings. The number of morpholine rings is 1. The lowest BCUT2D eigenvalue weighted by Crippen LogP contribution is -2.44. The van der Waals surface area contributed by atoms with E-state index in [2.05, 4.69) is 45.9 Å². The number of nitrogens with zero attached hydrogens (tertiary/aromatic N) is 1. The molecule has 0 radical (unpaired) electrons. The Hall–Kier alpha value is -5.03. The molecule has 2 amide bonds. The van der Waals surface area contributed by atoms with E-state index in [9.17, 15) is 9.90 Å². The summed E-state index contributed by atoms with van der Waals surface area (Å²) in [6, 6.07) is 40.9. The largest absolute Gasteiger partial charge is 0.457 e. The number of hydrogen-bond acceptors (Lipinski definition) is 7. The van der Waals surface area contributed by atoms with Gasteiger partial charge in [-0.1, -0.05) is 91.0 Å². The predicted molar refractivity (Wildman–Crippen MR) is 196 cm³/mol. The standard InChI is InChI=1S/C42H43N3O6/c46-29-30-10-12-32(13-11-30)40-26-38(28-45-22-24-48-25-23-45)50-41(51-40)33-16-14-31(15-17-33)39-9-5-4-6-34(39)27-43-42(47)44-35-18-20-37(21-19-35)49-36-7-2-1-3-8-36/h1-21,38,40-41,46H,22-29H2,(H2,43,44,47)/t38-,40+,41+/m1/s1. The van der Waals surface area contributed by atoms with Crippen LogP contribution in [0.15, 0.2) is 127 Å². The Balaban J connectivity index is 0.995. The first-order chi connectivity index (χ1) is 25.1. The third-order valence-corrected chi connectivity index (χ3v) is 9.22. The van der Waals surface area contributed by atoms with Gasteiger partial charge in [0.15, 0.2) is 6.29 Å². The van der Waals surface area contributed by atoms with Crippen LogP contribution >= 0.6 is 0 Å². The fourth-order valence-corrected chi connectivity index (χ4v) is 6.46. The smallest absolute Gasteiger partial charge is 0.319 e. The van der Waals surface area contributed by atoms with Gasteiger partial charge in [-0.2, -0.15) is 0 Å². The van der Waals surface area contributed by atoms with Crippen LogP contribution in [0, 0.1) is 0 Å². The third kappa shape index (κ3) is 9.21. The van der Waals surface area contributed by atoms with E-state index >= 15 is 0 Å². The summed E-state index contributed by atoms with van der Waals surface area (Å²) in [5, 5.41) is 15.4. The molecule has 2 heterocycles. The molecule has 2 aliphatic heterocycles. The fourth-order valence-electron chi connectivity index (χ4n) is 6.46. The lowest BCUT2D eigenvalue weighted by Gasteiger charge is -2.39. The number of anilines is 1. The zero-order valence-electron chi connectivity index (χ0n) is 28.4. The Labute approximate surface area is 298 Å². The summed E-state index contributed by atoms with van der Waals surface area (Å²) in [5.74, 6) is 1.44. The Kier molecular flexibility index (Phi) is 11.3. The molecule has 9 heteroatoms. The average Bonchev–Trinajstić information content (AvgIpc) is 3.19. The first kappa shape index (κ1) is 34.4. The molecule has 3 N–H and O–H groups in total. The van der Waals surface area contributed by atoms with E-state index in [1.165, 1.54) is 0 Å². The van der Waals surface area contributed by atoms with E-state index in [1.807, 2.05) is 97.1 Å². The van der Waals surface area contributed by atoms with Gasteiger partial charge in [-0.3, -0.25) is 4.90 Å². The Bertz CT molecular complexity index is 1850. The number of carbonyl (C=O) groups is 1. The number of aliphatic hydroxyl groups excluding tert-OH is 1. The van der Waals surface area contributed by atoms with Crippen molar-refractivity contribution < 1.29 is 28.8 Å². The van der Waals surface area contributed by atoms with Crippen molar-refractivity contribution in [3.05, 3.63) is 150 Å². The predicted octanol–water partition coefficient (Wildman–Crippen LogP) is 7.84. The number of ether oxygens (including phenoxy) is 4. The van der Waals surface area contributed by atoms with Gasteiger partial charge in [-0.05, 0) is 64.2 Å². The molecule has 0 unspecified atom stereocenters. The van der Waals surface area contributed by atoms with Gasteiger partial charge in [0.2, 0.25) is 0 Å². The summed E-state index contributed by atoms with van der Waals surface area (Å²) in [6.45, 7) is 4.44. The summed E-state index contributed by atoms with van der Waals surface area (Å²) >= 11 is 0. The van der Waals surface area contributed by atoms with Crippen molar-refractivity contribution in [2.24, 2.45) is 0 Å². The number of urea groups is 1. The van der Waals surface area contributed by atoms with Crippen LogP contribution in [0.5, 0.6) is 11.5 Å². The van der Waals surface area contributed by atoms with E-state index in [1.54, 1.807) is 0 Å². The molecule has 2 aliphatic rings. The second-order valence-corrected chi connectivity index (χ2v) is 12.8. The molecule has 5 aromatic carbocycles. The third-order valence-electron chi connectivity index (χ3n) is 9.22. The molecule has 51 heavy (non-hydrogen) atoms. The number of rotatable bonds is 11. The van der Waals surface area contributed by atoms with Crippen molar-refractivity contribution in [3.63, 3.8) is 0 Å². The highest BCUT2D eigenvalue weighted by Crippen LogP contribution is 2.39. The summed E-state index contributed by atoms with van der Waals surface area (Å²) in [7, 11) is 0. The summed E-state index contributed by atoms with van der Waals surface area (Å²) in [5.41, 5.74) is 6.61. The van der Waals surface area contributed by atoms with E-state index < -0.39 is 6.29 Å². The maximum atomic E-state index is 12.8. The molecule has 0 bridgehead atoms. The van der Waals surface area contributed by atoms with Gasteiger partial charge in [-0.25, -0.2) is 4.79 Å². The topological polar surface area (TPSA) is 102 Å². The number of benzene rings is 5. The Morgan fingerprint density at radius 3 is 2.20 bits per heavy atom. The molecule has 2 saturated heterocycles. The van der Waals surface area contributed by atoms with Crippen LogP contribution in [0.25, 0.3) is 11.1 Å². The van der Waals surface area contributed by atoms with Crippen LogP contribution in [0.4, 0.5) is 10.5 Å². The minimum atomic E-state index is -0.527. The second-order valence-electron chi connectivity index (χ2n) is 12.8. The molecule has 2 fully saturated rings. The van der Waals surface area contributed by atoms with Crippen molar-refractivity contribution in [3.8, 4) is 22.6 Å². The molecule has 262 valence electrons. The van der Waals surface area contributed by atoms with Crippen molar-refractivity contribution in [2.45, 2.75) is 38.1 Å². The van der Waals surface area contributed by atoms with E-state index in [4.69, 9.17) is 18.9 Å². The number of aliphatic hydroxyl groups is 1. The maximum Gasteiger partial charge on any atom is 0.319 e. The number of amides is 2. The zero-order valence-corrected chi connectivity index (χ0v) is 28.4. The van der Waals surface area contributed by atoms with E-state index in [0.717, 1.165) is 78.4 Å². The van der Waals surface area contributed by atoms with Gasteiger partial charge in [-0.15, -0.1) is 0 Å². The van der Waals surface area contributed by atoms with Gasteiger partial charge in [0, 0.05) is 43.9 Å². The summed E-state index contributed by atoms with van der Waals surface area (Å²) in [4.78, 5) is 15.2. The zero-order chi connectivity index (χ0) is 34.8. The highest BCUT2D eigenvalue weighted by atomic mass is 16.7. The van der Waals surface area contributed by atoms with Gasteiger partial charge < -0.3 is 34.7 Å².